The normalized spacial score (nSPS) is 12.3. The lowest BCUT2D eigenvalue weighted by molar-refractivity contribution is -0.131. The molecule has 0 radical (unpaired) electrons. The highest BCUT2D eigenvalue weighted by molar-refractivity contribution is 5.93. The van der Waals surface area contributed by atoms with Crippen molar-refractivity contribution < 1.29 is 24.0 Å². The number of rotatable bonds is 11. The molecule has 0 bridgehead atoms. The van der Waals surface area contributed by atoms with Crippen molar-refractivity contribution in [2.45, 2.75) is 38.8 Å². The molecule has 148 valence electrons. The van der Waals surface area contributed by atoms with Crippen LogP contribution < -0.4 is 32.3 Å². The Kier molecular flexibility index (Phi) is 11.3. The Bertz CT molecular complexity index is 525. The second-order valence-corrected chi connectivity index (χ2v) is 5.37. The maximum absolute atomic E-state index is 12.1. The number of carbonyl (C=O) groups excluding carboxylic acids is 5. The van der Waals surface area contributed by atoms with Crippen LogP contribution in [0.2, 0.25) is 0 Å². The molecule has 5 amide bonds. The SMILES string of the molecule is CCC(NC(=O)CNC(=O)CN)C(=O)NCC(=O)N[C@@H](CC)C(=O)NC. The average Bonchev–Trinajstić information content (AvgIpc) is 2.65. The average molecular weight is 372 g/mol. The molecule has 0 aromatic rings. The topological polar surface area (TPSA) is 172 Å². The van der Waals surface area contributed by atoms with Gasteiger partial charge in [0.2, 0.25) is 29.5 Å². The zero-order chi connectivity index (χ0) is 20.1. The number of amides is 5. The van der Waals surface area contributed by atoms with Crippen LogP contribution in [-0.4, -0.2) is 68.3 Å². The molecular weight excluding hydrogens is 344 g/mol. The van der Waals surface area contributed by atoms with Crippen molar-refractivity contribution in [1.29, 1.82) is 0 Å². The summed E-state index contributed by atoms with van der Waals surface area (Å²) in [6.07, 6.45) is 0.696. The van der Waals surface area contributed by atoms with Gasteiger partial charge < -0.3 is 32.3 Å². The predicted octanol–water partition coefficient (Wildman–Crippen LogP) is -3.29. The fraction of sp³-hybridized carbons (Fsp3) is 0.667. The van der Waals surface area contributed by atoms with Gasteiger partial charge in [-0.1, -0.05) is 13.8 Å². The summed E-state index contributed by atoms with van der Waals surface area (Å²) >= 11 is 0. The van der Waals surface area contributed by atoms with Gasteiger partial charge in [0.15, 0.2) is 0 Å². The number of nitrogens with two attached hydrogens (primary N) is 1. The first kappa shape index (κ1) is 23.3. The summed E-state index contributed by atoms with van der Waals surface area (Å²) in [5.74, 6) is -2.44. The molecule has 0 fully saturated rings. The van der Waals surface area contributed by atoms with E-state index < -0.39 is 35.7 Å². The van der Waals surface area contributed by atoms with Gasteiger partial charge in [0.1, 0.15) is 12.1 Å². The number of hydrogen-bond donors (Lipinski definition) is 6. The van der Waals surface area contributed by atoms with Crippen LogP contribution in [0.3, 0.4) is 0 Å². The zero-order valence-electron chi connectivity index (χ0n) is 15.3. The molecule has 0 aliphatic rings. The lowest BCUT2D eigenvalue weighted by Gasteiger charge is -2.18. The molecule has 2 atom stereocenters. The molecular formula is C15H28N6O5. The van der Waals surface area contributed by atoms with E-state index in [4.69, 9.17) is 5.73 Å². The Hall–Kier alpha value is -2.69. The fourth-order valence-corrected chi connectivity index (χ4v) is 1.91. The van der Waals surface area contributed by atoms with E-state index in [0.29, 0.717) is 12.8 Å². The molecule has 0 aromatic heterocycles. The van der Waals surface area contributed by atoms with E-state index in [1.807, 2.05) is 0 Å². The maximum atomic E-state index is 12.1. The van der Waals surface area contributed by atoms with E-state index in [9.17, 15) is 24.0 Å². The third-order valence-electron chi connectivity index (χ3n) is 3.42. The van der Waals surface area contributed by atoms with Crippen molar-refractivity contribution in [3.05, 3.63) is 0 Å². The van der Waals surface area contributed by atoms with E-state index in [1.54, 1.807) is 13.8 Å². The third kappa shape index (κ3) is 8.97. The first-order chi connectivity index (χ1) is 12.3. The summed E-state index contributed by atoms with van der Waals surface area (Å²) in [6.45, 7) is 2.55. The van der Waals surface area contributed by atoms with Crippen molar-refractivity contribution in [1.82, 2.24) is 26.6 Å². The maximum Gasteiger partial charge on any atom is 0.243 e. The zero-order valence-corrected chi connectivity index (χ0v) is 15.3. The molecule has 11 nitrogen and oxygen atoms in total. The van der Waals surface area contributed by atoms with Crippen LogP contribution in [0.25, 0.3) is 0 Å². The van der Waals surface area contributed by atoms with Crippen molar-refractivity contribution in [3.8, 4) is 0 Å². The van der Waals surface area contributed by atoms with Crippen LogP contribution in [0, 0.1) is 0 Å². The largest absolute Gasteiger partial charge is 0.357 e. The Balaban J connectivity index is 4.40. The minimum absolute atomic E-state index is 0.241. The van der Waals surface area contributed by atoms with Gasteiger partial charge in [-0.25, -0.2) is 0 Å². The fourth-order valence-electron chi connectivity index (χ4n) is 1.91. The predicted molar refractivity (Wildman–Crippen MR) is 93.6 cm³/mol. The second kappa shape index (κ2) is 12.6. The Labute approximate surface area is 152 Å². The Morgan fingerprint density at radius 3 is 1.65 bits per heavy atom. The number of likely N-dealkylation sites (N-methyl/N-ethyl adjacent to an activating group) is 1. The first-order valence-electron chi connectivity index (χ1n) is 8.33. The van der Waals surface area contributed by atoms with Crippen LogP contribution in [0.4, 0.5) is 0 Å². The van der Waals surface area contributed by atoms with Gasteiger partial charge in [0.05, 0.1) is 19.6 Å². The molecule has 1 unspecified atom stereocenters. The molecule has 0 saturated carbocycles. The van der Waals surface area contributed by atoms with Crippen molar-refractivity contribution in [2.24, 2.45) is 5.73 Å². The van der Waals surface area contributed by atoms with E-state index in [0.717, 1.165) is 0 Å². The van der Waals surface area contributed by atoms with Crippen LogP contribution in [0.15, 0.2) is 0 Å². The van der Waals surface area contributed by atoms with Gasteiger partial charge in [0.25, 0.3) is 0 Å². The van der Waals surface area contributed by atoms with Crippen LogP contribution in [-0.2, 0) is 24.0 Å². The van der Waals surface area contributed by atoms with Gasteiger partial charge in [-0.05, 0) is 12.8 Å². The number of hydrogen-bond acceptors (Lipinski definition) is 6. The molecule has 0 heterocycles. The summed E-state index contributed by atoms with van der Waals surface area (Å²) in [7, 11) is 1.46. The summed E-state index contributed by atoms with van der Waals surface area (Å²) in [5, 5.41) is 12.1. The molecule has 11 heteroatoms. The smallest absolute Gasteiger partial charge is 0.243 e. The summed E-state index contributed by atoms with van der Waals surface area (Å²) in [6, 6.07) is -1.54. The van der Waals surface area contributed by atoms with Gasteiger partial charge in [0, 0.05) is 7.05 Å². The minimum atomic E-state index is -0.856. The van der Waals surface area contributed by atoms with Crippen LogP contribution >= 0.6 is 0 Å². The van der Waals surface area contributed by atoms with Crippen LogP contribution in [0.1, 0.15) is 26.7 Å². The van der Waals surface area contributed by atoms with Crippen molar-refractivity contribution >= 4 is 29.5 Å². The summed E-state index contributed by atoms with van der Waals surface area (Å²) in [4.78, 5) is 58.1. The van der Waals surface area contributed by atoms with E-state index in [2.05, 4.69) is 26.6 Å². The molecule has 7 N–H and O–H groups in total. The highest BCUT2D eigenvalue weighted by Crippen LogP contribution is 1.93. The molecule has 0 rings (SSSR count). The number of carbonyl (C=O) groups is 5. The molecule has 26 heavy (non-hydrogen) atoms. The molecule has 0 aliphatic carbocycles. The van der Waals surface area contributed by atoms with E-state index in [-0.39, 0.29) is 25.5 Å². The lowest BCUT2D eigenvalue weighted by atomic mass is 10.2. The molecule has 0 spiro atoms. The quantitative estimate of drug-likeness (QED) is 0.222. The van der Waals surface area contributed by atoms with Crippen LogP contribution in [0.5, 0.6) is 0 Å². The monoisotopic (exact) mass is 372 g/mol. The Morgan fingerprint density at radius 1 is 0.769 bits per heavy atom. The van der Waals surface area contributed by atoms with E-state index in [1.165, 1.54) is 7.05 Å². The molecule has 0 saturated heterocycles. The highest BCUT2D eigenvalue weighted by Gasteiger charge is 2.21. The second-order valence-electron chi connectivity index (χ2n) is 5.37. The standard InChI is InChI=1S/C15H28N6O5/c1-4-9(14(25)17-3)20-13(24)8-19-15(26)10(5-2)21-12(23)7-18-11(22)6-16/h9-10H,4-8,16H2,1-3H3,(H,17,25)(H,18,22)(H,19,26)(H,20,24)(H,21,23)/t9-,10?/m0/s1. The summed E-state index contributed by atoms with van der Waals surface area (Å²) in [5.41, 5.74) is 5.10. The molecule has 0 aromatic carbocycles. The minimum Gasteiger partial charge on any atom is -0.357 e. The van der Waals surface area contributed by atoms with Gasteiger partial charge in [-0.15, -0.1) is 0 Å². The van der Waals surface area contributed by atoms with Gasteiger partial charge in [-0.3, -0.25) is 24.0 Å². The van der Waals surface area contributed by atoms with Gasteiger partial charge in [-0.2, -0.15) is 0 Å². The van der Waals surface area contributed by atoms with Gasteiger partial charge >= 0.3 is 0 Å². The lowest BCUT2D eigenvalue weighted by Crippen LogP contribution is -2.52. The number of nitrogens with one attached hydrogen (secondary N) is 5. The highest BCUT2D eigenvalue weighted by atomic mass is 16.2. The Morgan fingerprint density at radius 2 is 1.23 bits per heavy atom. The third-order valence-corrected chi connectivity index (χ3v) is 3.42. The van der Waals surface area contributed by atoms with Crippen molar-refractivity contribution in [2.75, 3.05) is 26.7 Å². The van der Waals surface area contributed by atoms with E-state index >= 15 is 0 Å². The van der Waals surface area contributed by atoms with Crippen molar-refractivity contribution in [3.63, 3.8) is 0 Å². The summed E-state index contributed by atoms with van der Waals surface area (Å²) < 4.78 is 0. The molecule has 0 aliphatic heterocycles. The first-order valence-corrected chi connectivity index (χ1v) is 8.33.